The SMILES string of the molecule is Cc1ccccc1S(=O)(=O)N1CC(=O)N2[C@@H](CO)[C@@H](c3ccc(C#CC4CC4)cc3)[C@@H]2C1. The van der Waals surface area contributed by atoms with Gasteiger partial charge in [-0.1, -0.05) is 42.2 Å². The van der Waals surface area contributed by atoms with Crippen LogP contribution in [-0.4, -0.2) is 60.4 Å². The van der Waals surface area contributed by atoms with E-state index >= 15 is 0 Å². The van der Waals surface area contributed by atoms with Crippen LogP contribution in [0, 0.1) is 24.7 Å². The minimum absolute atomic E-state index is 0.121. The van der Waals surface area contributed by atoms with Crippen molar-refractivity contribution in [3.05, 3.63) is 65.2 Å². The highest BCUT2D eigenvalue weighted by atomic mass is 32.2. The lowest BCUT2D eigenvalue weighted by Crippen LogP contribution is -2.73. The number of aliphatic hydroxyl groups is 1. The molecule has 2 heterocycles. The number of carbonyl (C=O) groups excluding carboxylic acids is 1. The van der Waals surface area contributed by atoms with Crippen molar-refractivity contribution in [2.75, 3.05) is 19.7 Å². The maximum atomic E-state index is 13.3. The highest BCUT2D eigenvalue weighted by molar-refractivity contribution is 7.89. The molecule has 3 atom stereocenters. The van der Waals surface area contributed by atoms with E-state index in [4.69, 9.17) is 0 Å². The number of hydrogen-bond donors (Lipinski definition) is 1. The van der Waals surface area contributed by atoms with Crippen LogP contribution in [0.15, 0.2) is 53.4 Å². The van der Waals surface area contributed by atoms with Crippen LogP contribution < -0.4 is 0 Å². The van der Waals surface area contributed by atoms with Crippen molar-refractivity contribution in [3.8, 4) is 11.8 Å². The first kappa shape index (κ1) is 21.2. The van der Waals surface area contributed by atoms with Gasteiger partial charge in [-0.15, -0.1) is 0 Å². The normalized spacial score (nSPS) is 25.5. The zero-order valence-corrected chi connectivity index (χ0v) is 18.8. The number of aliphatic hydroxyl groups excluding tert-OH is 1. The summed E-state index contributed by atoms with van der Waals surface area (Å²) in [5.41, 5.74) is 2.59. The minimum atomic E-state index is -3.79. The Bertz CT molecular complexity index is 1210. The number of sulfonamides is 1. The molecule has 166 valence electrons. The minimum Gasteiger partial charge on any atom is -0.394 e. The molecule has 6 nitrogen and oxygen atoms in total. The van der Waals surface area contributed by atoms with E-state index in [0.717, 1.165) is 11.1 Å². The first-order chi connectivity index (χ1) is 15.4. The molecule has 2 aromatic rings. The van der Waals surface area contributed by atoms with Crippen LogP contribution in [0.25, 0.3) is 0 Å². The molecule has 0 spiro atoms. The summed E-state index contributed by atoms with van der Waals surface area (Å²) in [5, 5.41) is 9.97. The third kappa shape index (κ3) is 3.62. The average Bonchev–Trinajstić information content (AvgIpc) is 3.59. The van der Waals surface area contributed by atoms with Gasteiger partial charge in [0.15, 0.2) is 0 Å². The maximum absolute atomic E-state index is 13.3. The summed E-state index contributed by atoms with van der Waals surface area (Å²) in [5.74, 6) is 6.59. The van der Waals surface area contributed by atoms with E-state index in [1.807, 2.05) is 24.3 Å². The van der Waals surface area contributed by atoms with Gasteiger partial charge in [0.05, 0.1) is 30.1 Å². The Morgan fingerprint density at radius 2 is 1.81 bits per heavy atom. The van der Waals surface area contributed by atoms with Crippen molar-refractivity contribution in [2.45, 2.75) is 42.7 Å². The lowest BCUT2D eigenvalue weighted by molar-refractivity contribution is -0.158. The van der Waals surface area contributed by atoms with Crippen LogP contribution in [0.3, 0.4) is 0 Å². The highest BCUT2D eigenvalue weighted by Gasteiger charge is 2.55. The molecule has 3 fully saturated rings. The first-order valence-electron chi connectivity index (χ1n) is 11.0. The Kier molecular flexibility index (Phi) is 5.32. The molecule has 1 amide bonds. The van der Waals surface area contributed by atoms with Gasteiger partial charge in [0, 0.05) is 23.9 Å². The van der Waals surface area contributed by atoms with Crippen LogP contribution in [-0.2, 0) is 14.8 Å². The largest absolute Gasteiger partial charge is 0.394 e. The van der Waals surface area contributed by atoms with Gasteiger partial charge in [0.1, 0.15) is 0 Å². The summed E-state index contributed by atoms with van der Waals surface area (Å²) in [6.07, 6.45) is 2.36. The molecule has 5 rings (SSSR count). The molecule has 32 heavy (non-hydrogen) atoms. The smallest absolute Gasteiger partial charge is 0.243 e. The zero-order chi connectivity index (χ0) is 22.5. The van der Waals surface area contributed by atoms with E-state index < -0.39 is 10.0 Å². The molecule has 0 aromatic heterocycles. The van der Waals surface area contributed by atoms with Gasteiger partial charge in [0.2, 0.25) is 15.9 Å². The quantitative estimate of drug-likeness (QED) is 0.724. The van der Waals surface area contributed by atoms with Gasteiger partial charge in [-0.25, -0.2) is 8.42 Å². The number of rotatable bonds is 4. The molecule has 0 radical (unpaired) electrons. The molecule has 2 saturated heterocycles. The Hall–Kier alpha value is -2.66. The summed E-state index contributed by atoms with van der Waals surface area (Å²) in [6.45, 7) is 1.62. The van der Waals surface area contributed by atoms with Crippen LogP contribution in [0.1, 0.15) is 35.4 Å². The zero-order valence-electron chi connectivity index (χ0n) is 17.9. The Morgan fingerprint density at radius 1 is 1.09 bits per heavy atom. The molecular weight excluding hydrogens is 424 g/mol. The summed E-state index contributed by atoms with van der Waals surface area (Å²) < 4.78 is 27.9. The second kappa shape index (κ2) is 8.04. The van der Waals surface area contributed by atoms with E-state index in [-0.39, 0.29) is 48.5 Å². The van der Waals surface area contributed by atoms with Crippen molar-refractivity contribution in [1.29, 1.82) is 0 Å². The predicted octanol–water partition coefficient (Wildman–Crippen LogP) is 2.12. The Balaban J connectivity index is 1.41. The van der Waals surface area contributed by atoms with E-state index in [9.17, 15) is 18.3 Å². The number of amides is 1. The molecule has 2 aromatic carbocycles. The standard InChI is InChI=1S/C25H26N2O4S/c1-17-4-2-3-5-23(17)32(30,31)26-14-21-25(22(16-28)27(21)24(29)15-26)20-12-10-19(11-13-20)9-8-18-6-7-18/h2-5,10-13,18,21-22,25,28H,6-7,14-16H2,1H3/t21-,22-,25-/m0/s1. The van der Waals surface area contributed by atoms with Crippen molar-refractivity contribution in [2.24, 2.45) is 5.92 Å². The number of aryl methyl sites for hydroxylation is 1. The average molecular weight is 451 g/mol. The molecule has 0 unspecified atom stereocenters. The van der Waals surface area contributed by atoms with Crippen molar-refractivity contribution >= 4 is 15.9 Å². The van der Waals surface area contributed by atoms with Gasteiger partial charge in [-0.2, -0.15) is 4.31 Å². The van der Waals surface area contributed by atoms with E-state index in [2.05, 4.69) is 11.8 Å². The number of nitrogens with zero attached hydrogens (tertiary/aromatic N) is 2. The van der Waals surface area contributed by atoms with Gasteiger partial charge in [-0.05, 0) is 49.1 Å². The third-order valence-corrected chi connectivity index (χ3v) is 8.70. The molecule has 0 bridgehead atoms. The first-order valence-corrected chi connectivity index (χ1v) is 12.4. The van der Waals surface area contributed by atoms with Crippen LogP contribution in [0.2, 0.25) is 0 Å². The maximum Gasteiger partial charge on any atom is 0.243 e. The molecule has 1 N–H and O–H groups in total. The topological polar surface area (TPSA) is 77.9 Å². The fraction of sp³-hybridized carbons (Fsp3) is 0.400. The molecule has 1 aliphatic carbocycles. The Labute approximate surface area is 188 Å². The number of benzene rings is 2. The molecule has 2 aliphatic heterocycles. The van der Waals surface area contributed by atoms with Crippen LogP contribution in [0.5, 0.6) is 0 Å². The van der Waals surface area contributed by atoms with Crippen molar-refractivity contribution < 1.29 is 18.3 Å². The molecule has 7 heteroatoms. The highest BCUT2D eigenvalue weighted by Crippen LogP contribution is 2.43. The van der Waals surface area contributed by atoms with Gasteiger partial charge >= 0.3 is 0 Å². The summed E-state index contributed by atoms with van der Waals surface area (Å²) in [6, 6.07) is 14.1. The van der Waals surface area contributed by atoms with Gasteiger partial charge in [0.25, 0.3) is 0 Å². The lowest BCUT2D eigenvalue weighted by atomic mass is 9.74. The van der Waals surface area contributed by atoms with E-state index in [1.54, 1.807) is 36.1 Å². The fourth-order valence-corrected chi connectivity index (χ4v) is 6.47. The fourth-order valence-electron chi connectivity index (χ4n) is 4.84. The molecular formula is C25H26N2O4S. The Morgan fingerprint density at radius 3 is 2.47 bits per heavy atom. The number of hydrogen-bond acceptors (Lipinski definition) is 4. The monoisotopic (exact) mass is 450 g/mol. The van der Waals surface area contributed by atoms with Gasteiger partial charge in [-0.3, -0.25) is 4.79 Å². The summed E-state index contributed by atoms with van der Waals surface area (Å²) >= 11 is 0. The van der Waals surface area contributed by atoms with Crippen molar-refractivity contribution in [3.63, 3.8) is 0 Å². The summed E-state index contributed by atoms with van der Waals surface area (Å²) in [7, 11) is -3.79. The van der Waals surface area contributed by atoms with E-state index in [0.29, 0.717) is 11.5 Å². The van der Waals surface area contributed by atoms with Gasteiger partial charge < -0.3 is 10.0 Å². The van der Waals surface area contributed by atoms with Crippen LogP contribution >= 0.6 is 0 Å². The lowest BCUT2D eigenvalue weighted by Gasteiger charge is -2.58. The van der Waals surface area contributed by atoms with Crippen LogP contribution in [0.4, 0.5) is 0 Å². The van der Waals surface area contributed by atoms with E-state index in [1.165, 1.54) is 17.1 Å². The predicted molar refractivity (Wildman–Crippen MR) is 120 cm³/mol. The number of piperazine rings is 1. The van der Waals surface area contributed by atoms with Crippen molar-refractivity contribution in [1.82, 2.24) is 9.21 Å². The second-order valence-corrected chi connectivity index (χ2v) is 10.8. The number of fused-ring (bicyclic) bond motifs is 1. The second-order valence-electron chi connectivity index (χ2n) is 8.87. The molecule has 3 aliphatic rings. The molecule has 1 saturated carbocycles. The summed E-state index contributed by atoms with van der Waals surface area (Å²) in [4.78, 5) is 14.8. The number of carbonyl (C=O) groups is 1. The third-order valence-electron chi connectivity index (χ3n) is 6.73.